The molecule has 1 aliphatic rings. The monoisotopic (exact) mass is 275 g/mol. The van der Waals surface area contributed by atoms with Crippen LogP contribution in [-0.2, 0) is 4.79 Å². The van der Waals surface area contributed by atoms with Crippen LogP contribution in [0.4, 0.5) is 0 Å². The summed E-state index contributed by atoms with van der Waals surface area (Å²) in [6, 6.07) is 0. The van der Waals surface area contributed by atoms with Crippen molar-refractivity contribution in [3.63, 3.8) is 0 Å². The molecular weight excluding hydrogens is 254 g/mol. The van der Waals surface area contributed by atoms with Crippen molar-refractivity contribution in [3.05, 3.63) is 0 Å². The lowest BCUT2D eigenvalue weighted by Crippen LogP contribution is -2.32. The maximum atomic E-state index is 11.9. The largest absolute Gasteiger partial charge is 0.355 e. The third-order valence-electron chi connectivity index (χ3n) is 4.22. The molecule has 0 bridgehead atoms. The fraction of sp³-hybridized carbons (Fsp3) is 0.917. The first-order valence-corrected chi connectivity index (χ1v) is 6.58. The summed E-state index contributed by atoms with van der Waals surface area (Å²) >= 11 is 3.52. The standard InChI is InChI=1S/C12H22BrNO/c1-6-8(13)7-14-10(15)9-11(2,3)12(9,4)5/h8-9H,6-7H2,1-5H3,(H,14,15). The van der Waals surface area contributed by atoms with Crippen LogP contribution in [-0.4, -0.2) is 17.3 Å². The van der Waals surface area contributed by atoms with Gasteiger partial charge in [-0.05, 0) is 17.3 Å². The number of carbonyl (C=O) groups excluding carboxylic acids is 1. The second-order valence-electron chi connectivity index (χ2n) is 5.63. The van der Waals surface area contributed by atoms with E-state index in [1.807, 2.05) is 0 Å². The smallest absolute Gasteiger partial charge is 0.224 e. The van der Waals surface area contributed by atoms with Gasteiger partial charge >= 0.3 is 0 Å². The Morgan fingerprint density at radius 3 is 2.13 bits per heavy atom. The molecule has 0 aromatic carbocycles. The molecule has 88 valence electrons. The van der Waals surface area contributed by atoms with Gasteiger partial charge in [-0.1, -0.05) is 50.5 Å². The highest BCUT2D eigenvalue weighted by Crippen LogP contribution is 2.68. The lowest BCUT2D eigenvalue weighted by Gasteiger charge is -2.09. The molecule has 15 heavy (non-hydrogen) atoms. The Morgan fingerprint density at radius 1 is 1.33 bits per heavy atom. The molecule has 0 aliphatic heterocycles. The van der Waals surface area contributed by atoms with E-state index in [9.17, 15) is 4.79 Å². The van der Waals surface area contributed by atoms with E-state index in [2.05, 4.69) is 55.9 Å². The highest BCUT2D eigenvalue weighted by Gasteiger charge is 2.68. The summed E-state index contributed by atoms with van der Waals surface area (Å²) in [5, 5.41) is 3.02. The Bertz CT molecular complexity index is 246. The molecule has 0 saturated heterocycles. The van der Waals surface area contributed by atoms with E-state index in [1.165, 1.54) is 0 Å². The van der Waals surface area contributed by atoms with Gasteiger partial charge in [0.15, 0.2) is 0 Å². The van der Waals surface area contributed by atoms with Crippen molar-refractivity contribution >= 4 is 21.8 Å². The minimum Gasteiger partial charge on any atom is -0.355 e. The minimum absolute atomic E-state index is 0.144. The molecule has 0 radical (unpaired) electrons. The van der Waals surface area contributed by atoms with Crippen LogP contribution in [0.15, 0.2) is 0 Å². The van der Waals surface area contributed by atoms with Gasteiger partial charge in [0, 0.05) is 17.3 Å². The maximum absolute atomic E-state index is 11.9. The number of hydrogen-bond acceptors (Lipinski definition) is 1. The van der Waals surface area contributed by atoms with Gasteiger partial charge in [0.25, 0.3) is 0 Å². The molecule has 2 nitrogen and oxygen atoms in total. The van der Waals surface area contributed by atoms with Crippen molar-refractivity contribution in [3.8, 4) is 0 Å². The van der Waals surface area contributed by atoms with Crippen LogP contribution in [0.25, 0.3) is 0 Å². The molecule has 0 aromatic rings. The Balaban J connectivity index is 2.45. The van der Waals surface area contributed by atoms with Gasteiger partial charge in [0.05, 0.1) is 0 Å². The molecule has 1 atom stereocenters. The van der Waals surface area contributed by atoms with E-state index in [0.717, 1.165) is 13.0 Å². The Kier molecular flexibility index (Phi) is 3.54. The number of alkyl halides is 1. The van der Waals surface area contributed by atoms with Crippen LogP contribution >= 0.6 is 15.9 Å². The quantitative estimate of drug-likeness (QED) is 0.786. The second kappa shape index (κ2) is 4.08. The highest BCUT2D eigenvalue weighted by atomic mass is 79.9. The lowest BCUT2D eigenvalue weighted by atomic mass is 10.0. The minimum atomic E-state index is 0.144. The number of amides is 1. The number of carbonyl (C=O) groups is 1. The van der Waals surface area contributed by atoms with Crippen molar-refractivity contribution < 1.29 is 4.79 Å². The highest BCUT2D eigenvalue weighted by molar-refractivity contribution is 9.09. The SMILES string of the molecule is CCC(Br)CNC(=O)C1C(C)(C)C1(C)C. The van der Waals surface area contributed by atoms with Gasteiger partial charge in [-0.3, -0.25) is 4.79 Å². The predicted octanol–water partition coefficient (Wildman–Crippen LogP) is 2.96. The third-order valence-corrected chi connectivity index (χ3v) is 5.19. The van der Waals surface area contributed by atoms with Crippen LogP contribution in [0.3, 0.4) is 0 Å². The fourth-order valence-corrected chi connectivity index (χ4v) is 2.47. The van der Waals surface area contributed by atoms with Gasteiger partial charge in [-0.25, -0.2) is 0 Å². The Morgan fingerprint density at radius 2 is 1.80 bits per heavy atom. The van der Waals surface area contributed by atoms with E-state index >= 15 is 0 Å². The number of rotatable bonds is 4. The molecule has 1 amide bonds. The van der Waals surface area contributed by atoms with E-state index in [4.69, 9.17) is 0 Å². The van der Waals surface area contributed by atoms with E-state index in [1.54, 1.807) is 0 Å². The van der Waals surface area contributed by atoms with Gasteiger partial charge in [0.2, 0.25) is 5.91 Å². The molecule has 3 heteroatoms. The van der Waals surface area contributed by atoms with Crippen LogP contribution in [0.5, 0.6) is 0 Å². The molecule has 0 heterocycles. The van der Waals surface area contributed by atoms with Gasteiger partial charge < -0.3 is 5.32 Å². The summed E-state index contributed by atoms with van der Waals surface area (Å²) in [6.07, 6.45) is 1.04. The molecule has 1 rings (SSSR count). The Labute approximate surface area is 101 Å². The molecule has 1 N–H and O–H groups in total. The molecule has 0 aromatic heterocycles. The molecule has 1 saturated carbocycles. The third kappa shape index (κ3) is 2.22. The summed E-state index contributed by atoms with van der Waals surface area (Å²) in [5.41, 5.74) is 0.288. The predicted molar refractivity (Wildman–Crippen MR) is 67.1 cm³/mol. The average Bonchev–Trinajstić information content (AvgIpc) is 2.53. The first-order valence-electron chi connectivity index (χ1n) is 5.67. The first-order chi connectivity index (χ1) is 6.75. The Hall–Kier alpha value is -0.0500. The first kappa shape index (κ1) is 13.0. The van der Waals surface area contributed by atoms with E-state index in [0.29, 0.717) is 4.83 Å². The van der Waals surface area contributed by atoms with Crippen LogP contribution < -0.4 is 5.32 Å². The van der Waals surface area contributed by atoms with Crippen molar-refractivity contribution in [2.24, 2.45) is 16.7 Å². The van der Waals surface area contributed by atoms with Gasteiger partial charge in [0.1, 0.15) is 0 Å². The van der Waals surface area contributed by atoms with Crippen molar-refractivity contribution in [2.45, 2.75) is 45.9 Å². The molecule has 1 aliphatic carbocycles. The normalized spacial score (nSPS) is 24.7. The molecule has 1 unspecified atom stereocenters. The van der Waals surface area contributed by atoms with Crippen LogP contribution in [0.1, 0.15) is 41.0 Å². The zero-order chi connectivity index (χ0) is 11.9. The van der Waals surface area contributed by atoms with Crippen LogP contribution in [0.2, 0.25) is 0 Å². The number of hydrogen-bond donors (Lipinski definition) is 1. The van der Waals surface area contributed by atoms with E-state index in [-0.39, 0.29) is 22.7 Å². The maximum Gasteiger partial charge on any atom is 0.224 e. The fourth-order valence-electron chi connectivity index (χ4n) is 2.31. The summed E-state index contributed by atoms with van der Waals surface area (Å²) in [6.45, 7) is 11.5. The lowest BCUT2D eigenvalue weighted by molar-refractivity contribution is -0.123. The summed E-state index contributed by atoms with van der Waals surface area (Å²) in [5.74, 6) is 0.379. The average molecular weight is 276 g/mol. The van der Waals surface area contributed by atoms with Crippen molar-refractivity contribution in [1.29, 1.82) is 0 Å². The topological polar surface area (TPSA) is 29.1 Å². The number of nitrogens with one attached hydrogen (secondary N) is 1. The summed E-state index contributed by atoms with van der Waals surface area (Å²) in [4.78, 5) is 12.3. The van der Waals surface area contributed by atoms with Crippen molar-refractivity contribution in [1.82, 2.24) is 5.32 Å². The zero-order valence-corrected chi connectivity index (χ0v) is 11.9. The van der Waals surface area contributed by atoms with Gasteiger partial charge in [-0.2, -0.15) is 0 Å². The van der Waals surface area contributed by atoms with Crippen LogP contribution in [0, 0.1) is 16.7 Å². The number of halogens is 1. The summed E-state index contributed by atoms with van der Waals surface area (Å²) < 4.78 is 0. The summed E-state index contributed by atoms with van der Waals surface area (Å²) in [7, 11) is 0. The van der Waals surface area contributed by atoms with Crippen molar-refractivity contribution in [2.75, 3.05) is 6.54 Å². The molecule has 1 fully saturated rings. The van der Waals surface area contributed by atoms with Gasteiger partial charge in [-0.15, -0.1) is 0 Å². The second-order valence-corrected chi connectivity index (χ2v) is 6.92. The zero-order valence-electron chi connectivity index (χ0n) is 10.4. The molecular formula is C12H22BrNO. The molecule has 0 spiro atoms. The van der Waals surface area contributed by atoms with E-state index < -0.39 is 0 Å².